The fourth-order valence-corrected chi connectivity index (χ4v) is 1.55. The van der Waals surface area contributed by atoms with Crippen molar-refractivity contribution in [1.29, 1.82) is 0 Å². The van der Waals surface area contributed by atoms with Crippen molar-refractivity contribution in [2.45, 2.75) is 6.54 Å². The number of hydrogen-bond donors (Lipinski definition) is 0. The first-order chi connectivity index (χ1) is 7.95. The summed E-state index contributed by atoms with van der Waals surface area (Å²) >= 11 is 0. The molecule has 2 rings (SSSR count). The van der Waals surface area contributed by atoms with Crippen LogP contribution in [-0.2, 0) is 6.54 Å². The molecule has 1 heterocycles. The zero-order valence-corrected chi connectivity index (χ0v) is 8.65. The molecule has 0 amide bonds. The Hall–Kier alpha value is -1.79. The van der Waals surface area contributed by atoms with Crippen LogP contribution >= 0.6 is 0 Å². The first kappa shape index (κ1) is 11.7. The highest BCUT2D eigenvalue weighted by Gasteiger charge is 2.26. The number of imidazole rings is 1. The molecule has 0 bridgehead atoms. The van der Waals surface area contributed by atoms with E-state index >= 15 is 0 Å². The topological polar surface area (TPSA) is 17.8 Å². The first-order valence-electron chi connectivity index (χ1n) is 4.90. The lowest BCUT2D eigenvalue weighted by Gasteiger charge is -2.16. The van der Waals surface area contributed by atoms with E-state index in [1.165, 1.54) is 12.5 Å². The van der Waals surface area contributed by atoms with Crippen molar-refractivity contribution < 1.29 is 17.3 Å². The second-order valence-electron chi connectivity index (χ2n) is 3.70. The Morgan fingerprint density at radius 1 is 1.18 bits per heavy atom. The summed E-state index contributed by atoms with van der Waals surface area (Å²) in [6.45, 7) is -5.01. The molecule has 0 N–H and O–H groups in total. The van der Waals surface area contributed by atoms with Crippen LogP contribution in [0.3, 0.4) is 0 Å². The smallest absolute Gasteiger partial charge is 0.445 e. The van der Waals surface area contributed by atoms with Gasteiger partial charge in [0, 0.05) is 18.9 Å². The molecule has 0 aliphatic heterocycles. The molecule has 0 saturated heterocycles. The van der Waals surface area contributed by atoms with Gasteiger partial charge in [0.1, 0.15) is 5.82 Å². The molecule has 7 heteroatoms. The van der Waals surface area contributed by atoms with Crippen LogP contribution < -0.4 is 5.46 Å². The third-order valence-electron chi connectivity index (χ3n) is 2.28. The largest absolute Gasteiger partial charge is 0.509 e. The van der Waals surface area contributed by atoms with Gasteiger partial charge in [-0.15, -0.1) is 5.46 Å². The zero-order valence-electron chi connectivity index (χ0n) is 8.65. The van der Waals surface area contributed by atoms with Crippen LogP contribution in [0.4, 0.5) is 17.3 Å². The van der Waals surface area contributed by atoms with Crippen LogP contribution in [0.1, 0.15) is 5.56 Å². The van der Waals surface area contributed by atoms with Gasteiger partial charge in [-0.05, 0) is 11.6 Å². The molecule has 0 atom stereocenters. The average molecular weight is 243 g/mol. The van der Waals surface area contributed by atoms with E-state index in [2.05, 4.69) is 4.98 Å². The Kier molecular flexibility index (Phi) is 2.91. The number of aromatic nitrogens is 2. The van der Waals surface area contributed by atoms with Crippen molar-refractivity contribution in [3.05, 3.63) is 48.3 Å². The van der Waals surface area contributed by atoms with E-state index in [0.29, 0.717) is 6.07 Å². The molecule has 2 nitrogen and oxygen atoms in total. The number of halogens is 4. The van der Waals surface area contributed by atoms with Crippen LogP contribution in [-0.4, -0.2) is 16.5 Å². The highest BCUT2D eigenvalue weighted by Crippen LogP contribution is 2.12. The van der Waals surface area contributed by atoms with Gasteiger partial charge in [0.15, 0.2) is 0 Å². The molecule has 17 heavy (non-hydrogen) atoms. The Bertz CT molecular complexity index is 508. The number of nitrogens with zero attached hydrogens (tertiary/aromatic N) is 2. The maximum absolute atomic E-state index is 13.1. The summed E-state index contributed by atoms with van der Waals surface area (Å²) in [5.74, 6) is -0.878. The van der Waals surface area contributed by atoms with Gasteiger partial charge in [-0.3, -0.25) is 0 Å². The van der Waals surface area contributed by atoms with Gasteiger partial charge in [0.2, 0.25) is 0 Å². The molecule has 0 aliphatic carbocycles. The fraction of sp³-hybridized carbons (Fsp3) is 0.100. The Morgan fingerprint density at radius 3 is 2.53 bits per heavy atom. The second kappa shape index (κ2) is 4.23. The summed E-state index contributed by atoms with van der Waals surface area (Å²) < 4.78 is 52.2. The lowest BCUT2D eigenvalue weighted by atomic mass is 9.79. The third-order valence-corrected chi connectivity index (χ3v) is 2.28. The number of benzene rings is 1. The van der Waals surface area contributed by atoms with Gasteiger partial charge in [-0.1, -0.05) is 12.1 Å². The van der Waals surface area contributed by atoms with Crippen molar-refractivity contribution in [1.82, 2.24) is 9.55 Å². The molecule has 2 aromatic rings. The summed E-state index contributed by atoms with van der Waals surface area (Å²) in [4.78, 5) is 3.76. The second-order valence-corrected chi connectivity index (χ2v) is 3.70. The van der Waals surface area contributed by atoms with Crippen molar-refractivity contribution in [3.8, 4) is 0 Å². The number of rotatable bonds is 3. The first-order valence-corrected chi connectivity index (χ1v) is 4.90. The third kappa shape index (κ3) is 2.86. The van der Waals surface area contributed by atoms with Crippen LogP contribution in [0.5, 0.6) is 0 Å². The standard InChI is InChI=1S/C10H8BF4N2/c12-10-4-8(6-17-2-1-16-7-17)3-9(5-10)11(13,14)15/h1-5,7H,6H2/q-1. The minimum atomic E-state index is -5.18. The molecule has 0 unspecified atom stereocenters. The van der Waals surface area contributed by atoms with Crippen molar-refractivity contribution in [2.24, 2.45) is 0 Å². The molecular weight excluding hydrogens is 235 g/mol. The maximum atomic E-state index is 13.1. The summed E-state index contributed by atoms with van der Waals surface area (Å²) in [6, 6.07) is 2.56. The van der Waals surface area contributed by atoms with Crippen LogP contribution in [0.25, 0.3) is 0 Å². The monoisotopic (exact) mass is 243 g/mol. The summed E-state index contributed by atoms with van der Waals surface area (Å²) in [5.41, 5.74) is -0.655. The van der Waals surface area contributed by atoms with E-state index in [1.807, 2.05) is 0 Å². The van der Waals surface area contributed by atoms with Gasteiger partial charge in [0.05, 0.1) is 6.33 Å². The highest BCUT2D eigenvalue weighted by atomic mass is 19.4. The summed E-state index contributed by atoms with van der Waals surface area (Å²) in [6.07, 6.45) is 4.57. The zero-order chi connectivity index (χ0) is 12.5. The van der Waals surface area contributed by atoms with Gasteiger partial charge in [-0.2, -0.15) is 0 Å². The molecule has 0 radical (unpaired) electrons. The predicted molar refractivity (Wildman–Crippen MR) is 56.4 cm³/mol. The van der Waals surface area contributed by atoms with E-state index in [9.17, 15) is 17.3 Å². The highest BCUT2D eigenvalue weighted by molar-refractivity contribution is 6.73. The molecule has 0 saturated carbocycles. The van der Waals surface area contributed by atoms with Crippen molar-refractivity contribution >= 4 is 12.4 Å². The van der Waals surface area contributed by atoms with Gasteiger partial charge >= 0.3 is 6.98 Å². The van der Waals surface area contributed by atoms with Gasteiger partial charge < -0.3 is 17.5 Å². The minimum Gasteiger partial charge on any atom is -0.445 e. The SMILES string of the molecule is Fc1cc(Cn2ccnc2)cc([B-](F)(F)F)c1. The molecular formula is C10H8BF4N2-. The molecule has 1 aromatic heterocycles. The van der Waals surface area contributed by atoms with E-state index in [4.69, 9.17) is 0 Å². The number of hydrogen-bond acceptors (Lipinski definition) is 1. The molecule has 0 aliphatic rings. The maximum Gasteiger partial charge on any atom is 0.509 e. The van der Waals surface area contributed by atoms with Crippen molar-refractivity contribution in [3.63, 3.8) is 0 Å². The lowest BCUT2D eigenvalue weighted by molar-refractivity contribution is 0.499. The molecule has 90 valence electrons. The summed E-state index contributed by atoms with van der Waals surface area (Å²) in [7, 11) is 0. The average Bonchev–Trinajstić information content (AvgIpc) is 2.68. The lowest BCUT2D eigenvalue weighted by Crippen LogP contribution is -2.34. The Labute approximate surface area is 95.0 Å². The van der Waals surface area contributed by atoms with E-state index in [0.717, 1.165) is 12.1 Å². The summed E-state index contributed by atoms with van der Waals surface area (Å²) in [5, 5.41) is 0. The van der Waals surface area contributed by atoms with Crippen LogP contribution in [0, 0.1) is 5.82 Å². The van der Waals surface area contributed by atoms with Crippen molar-refractivity contribution in [2.75, 3.05) is 0 Å². The van der Waals surface area contributed by atoms with E-state index in [-0.39, 0.29) is 12.1 Å². The van der Waals surface area contributed by atoms with E-state index < -0.39 is 18.3 Å². The normalized spacial score (nSPS) is 11.8. The predicted octanol–water partition coefficient (Wildman–Crippen LogP) is 2.12. The fourth-order valence-electron chi connectivity index (χ4n) is 1.55. The molecule has 0 spiro atoms. The molecule has 0 fully saturated rings. The van der Waals surface area contributed by atoms with Crippen LogP contribution in [0.2, 0.25) is 0 Å². The van der Waals surface area contributed by atoms with Gasteiger partial charge in [0.25, 0.3) is 0 Å². The Balaban J connectivity index is 2.32. The molecule has 1 aromatic carbocycles. The minimum absolute atomic E-state index is 0.164. The van der Waals surface area contributed by atoms with E-state index in [1.54, 1.807) is 10.8 Å². The quantitative estimate of drug-likeness (QED) is 0.596. The van der Waals surface area contributed by atoms with Crippen LogP contribution in [0.15, 0.2) is 36.9 Å². The Morgan fingerprint density at radius 2 is 1.94 bits per heavy atom. The van der Waals surface area contributed by atoms with Gasteiger partial charge in [-0.25, -0.2) is 9.37 Å².